The van der Waals surface area contributed by atoms with Crippen LogP contribution in [0.4, 0.5) is 17.1 Å². The van der Waals surface area contributed by atoms with Crippen molar-refractivity contribution in [3.63, 3.8) is 0 Å². The number of nitrogens with one attached hydrogen (secondary N) is 4. The van der Waals surface area contributed by atoms with Gasteiger partial charge in [0.25, 0.3) is 5.91 Å². The van der Waals surface area contributed by atoms with Gasteiger partial charge in [-0.2, -0.15) is 0 Å². The molecule has 3 aromatic rings. The van der Waals surface area contributed by atoms with Crippen LogP contribution in [-0.4, -0.2) is 43.2 Å². The maximum atomic E-state index is 13.3. The van der Waals surface area contributed by atoms with Gasteiger partial charge in [-0.25, -0.2) is 0 Å². The molecule has 0 bridgehead atoms. The van der Waals surface area contributed by atoms with Crippen LogP contribution < -0.4 is 31.5 Å². The molecule has 0 saturated carbocycles. The number of carbonyl (C=O) groups is 1. The number of hydrogen-bond acceptors (Lipinski definition) is 9. The van der Waals surface area contributed by atoms with Crippen molar-refractivity contribution in [3.8, 4) is 0 Å². The number of rotatable bonds is 8. The molecular weight excluding hydrogens is 518 g/mol. The first-order valence-corrected chi connectivity index (χ1v) is 14.2. The number of hydrogen-bond donors (Lipinski definition) is 4. The second-order valence-corrected chi connectivity index (χ2v) is 11.9. The number of aryl methyl sites for hydroxylation is 1. The summed E-state index contributed by atoms with van der Waals surface area (Å²) in [5.41, 5.74) is 12.8. The van der Waals surface area contributed by atoms with Crippen molar-refractivity contribution in [1.82, 2.24) is 21.3 Å². The van der Waals surface area contributed by atoms with E-state index in [2.05, 4.69) is 72.2 Å². The number of nitrogens with zero attached hydrogens (tertiary/aromatic N) is 3. The predicted octanol–water partition coefficient (Wildman–Crippen LogP) is 4.70. The summed E-state index contributed by atoms with van der Waals surface area (Å²) in [4.78, 5) is 20.0. The zero-order chi connectivity index (χ0) is 29.1. The van der Waals surface area contributed by atoms with Crippen molar-refractivity contribution in [2.75, 3.05) is 41.5 Å². The lowest BCUT2D eigenvalue weighted by atomic mass is 9.90. The highest BCUT2D eigenvalue weighted by Crippen LogP contribution is 2.31. The Morgan fingerprint density at radius 2 is 1.90 bits per heavy atom. The van der Waals surface area contributed by atoms with Crippen LogP contribution in [0.15, 0.2) is 53.3 Å². The number of benzene rings is 1. The molecule has 41 heavy (non-hydrogen) atoms. The normalized spacial score (nSPS) is 15.7. The number of furan rings is 1. The van der Waals surface area contributed by atoms with E-state index >= 15 is 0 Å². The van der Waals surface area contributed by atoms with Gasteiger partial charge in [0.15, 0.2) is 5.76 Å². The molecule has 2 aromatic heterocycles. The van der Waals surface area contributed by atoms with Gasteiger partial charge in [0.05, 0.1) is 36.5 Å². The zero-order valence-electron chi connectivity index (χ0n) is 24.8. The lowest BCUT2D eigenvalue weighted by Crippen LogP contribution is -2.37. The van der Waals surface area contributed by atoms with Gasteiger partial charge in [-0.3, -0.25) is 14.8 Å². The monoisotopic (exact) mass is 559 g/mol. The first-order chi connectivity index (χ1) is 19.6. The fourth-order valence-electron chi connectivity index (χ4n) is 4.92. The van der Waals surface area contributed by atoms with Gasteiger partial charge in [0.1, 0.15) is 5.76 Å². The summed E-state index contributed by atoms with van der Waals surface area (Å²) >= 11 is 0. The minimum Gasteiger partial charge on any atom is -0.455 e. The van der Waals surface area contributed by atoms with Crippen LogP contribution in [0.1, 0.15) is 67.6 Å². The Balaban J connectivity index is 1.33. The molecule has 1 amide bonds. The fourth-order valence-corrected chi connectivity index (χ4v) is 4.92. The molecule has 4 N–H and O–H groups in total. The third kappa shape index (κ3) is 6.73. The number of anilines is 3. The molecule has 1 saturated heterocycles. The average molecular weight is 560 g/mol. The molecule has 0 unspecified atom stereocenters. The molecule has 2 aliphatic heterocycles. The number of pyridine rings is 1. The number of morpholine rings is 1. The smallest absolute Gasteiger partial charge is 0.291 e. The highest BCUT2D eigenvalue weighted by molar-refractivity contribution is 6.02. The summed E-state index contributed by atoms with van der Waals surface area (Å²) in [6.45, 7) is 16.3. The lowest BCUT2D eigenvalue weighted by molar-refractivity contribution is 0.0993. The fraction of sp³-hybridized carbons (Fsp3) is 0.419. The number of aromatic nitrogens is 1. The van der Waals surface area contributed by atoms with Gasteiger partial charge < -0.3 is 30.1 Å². The van der Waals surface area contributed by atoms with E-state index in [1.807, 2.05) is 54.8 Å². The van der Waals surface area contributed by atoms with E-state index in [1.54, 1.807) is 0 Å². The summed E-state index contributed by atoms with van der Waals surface area (Å²) in [7, 11) is 0. The Morgan fingerprint density at radius 1 is 1.12 bits per heavy atom. The van der Waals surface area contributed by atoms with E-state index in [0.717, 1.165) is 65.8 Å². The van der Waals surface area contributed by atoms with Crippen LogP contribution in [0.25, 0.3) is 5.70 Å². The van der Waals surface area contributed by atoms with Crippen LogP contribution in [0, 0.1) is 6.92 Å². The molecular formula is C31H41N7O3. The number of hydrazine groups is 2. The largest absolute Gasteiger partial charge is 0.455 e. The minimum absolute atomic E-state index is 0.223. The second-order valence-electron chi connectivity index (χ2n) is 11.9. The van der Waals surface area contributed by atoms with Crippen LogP contribution in [-0.2, 0) is 16.7 Å². The van der Waals surface area contributed by atoms with E-state index in [9.17, 15) is 4.79 Å². The van der Waals surface area contributed by atoms with Gasteiger partial charge in [-0.1, -0.05) is 40.7 Å². The van der Waals surface area contributed by atoms with Crippen LogP contribution in [0.5, 0.6) is 0 Å². The third-order valence-electron chi connectivity index (χ3n) is 7.12. The Labute approximate surface area is 242 Å². The summed E-state index contributed by atoms with van der Waals surface area (Å²) < 4.78 is 11.6. The summed E-state index contributed by atoms with van der Waals surface area (Å²) in [5.74, 6) is 0.835. The standard InChI is InChI=1S/C31H41N7O3/c1-20(2)33-17-23-14-28(41-29(23)31(4,5)6)30(39)34-24-8-7-21(3)27(15-24)38-19-26(35-36-38)22-13-25(18-32-16-22)37-9-11-40-12-10-37/h7-8,13-16,18-20,33,35-36H,9-12,17H2,1-6H3,(H,34,39). The van der Waals surface area contributed by atoms with E-state index < -0.39 is 0 Å². The van der Waals surface area contributed by atoms with E-state index in [0.29, 0.717) is 24.0 Å². The molecule has 1 aromatic carbocycles. The third-order valence-corrected chi connectivity index (χ3v) is 7.12. The van der Waals surface area contributed by atoms with Gasteiger partial charge in [0, 0.05) is 60.3 Å². The van der Waals surface area contributed by atoms with Crippen molar-refractivity contribution in [2.45, 2.75) is 59.5 Å². The van der Waals surface area contributed by atoms with E-state index in [-0.39, 0.29) is 11.3 Å². The maximum absolute atomic E-state index is 13.3. The average Bonchev–Trinajstić information content (AvgIpc) is 3.62. The molecule has 10 nitrogen and oxygen atoms in total. The van der Waals surface area contributed by atoms with Gasteiger partial charge >= 0.3 is 0 Å². The molecule has 0 radical (unpaired) electrons. The minimum atomic E-state index is -0.282. The van der Waals surface area contributed by atoms with E-state index in [1.165, 1.54) is 0 Å². The molecule has 0 atom stereocenters. The topological polar surface area (TPSA) is 107 Å². The Bertz CT molecular complexity index is 1420. The Hall–Kier alpha value is -3.86. The predicted molar refractivity (Wildman–Crippen MR) is 163 cm³/mol. The van der Waals surface area contributed by atoms with Crippen LogP contribution in [0.2, 0.25) is 0 Å². The summed E-state index contributed by atoms with van der Waals surface area (Å²) in [5, 5.41) is 8.35. The van der Waals surface area contributed by atoms with Gasteiger partial charge in [0.2, 0.25) is 0 Å². The summed E-state index contributed by atoms with van der Waals surface area (Å²) in [6.07, 6.45) is 5.72. The van der Waals surface area contributed by atoms with Crippen molar-refractivity contribution in [2.24, 2.45) is 0 Å². The summed E-state index contributed by atoms with van der Waals surface area (Å²) in [6, 6.07) is 10.1. The van der Waals surface area contributed by atoms with Crippen LogP contribution >= 0.6 is 0 Å². The first-order valence-electron chi connectivity index (χ1n) is 14.2. The molecule has 1 fully saturated rings. The van der Waals surface area contributed by atoms with Crippen molar-refractivity contribution in [3.05, 3.63) is 77.1 Å². The number of carbonyl (C=O) groups excluding carboxylic acids is 1. The zero-order valence-corrected chi connectivity index (χ0v) is 24.8. The number of ether oxygens (including phenoxy) is 1. The highest BCUT2D eigenvalue weighted by atomic mass is 16.5. The molecule has 10 heteroatoms. The maximum Gasteiger partial charge on any atom is 0.291 e. The lowest BCUT2D eigenvalue weighted by Gasteiger charge is -2.28. The van der Waals surface area contributed by atoms with E-state index in [4.69, 9.17) is 9.15 Å². The van der Waals surface area contributed by atoms with Crippen LogP contribution in [0.3, 0.4) is 0 Å². The molecule has 0 aliphatic carbocycles. The Kier molecular flexibility index (Phi) is 8.35. The SMILES string of the molecule is Cc1ccc(NC(=O)c2cc(CNC(C)C)c(C(C)(C)C)o2)cc1N1C=C(c2cncc(N3CCOCC3)c2)NN1. The van der Waals surface area contributed by atoms with Crippen molar-refractivity contribution < 1.29 is 13.9 Å². The molecule has 5 rings (SSSR count). The molecule has 218 valence electrons. The first kappa shape index (κ1) is 28.7. The van der Waals surface area contributed by atoms with Crippen molar-refractivity contribution >= 4 is 28.7 Å². The molecule has 4 heterocycles. The van der Waals surface area contributed by atoms with Crippen molar-refractivity contribution in [1.29, 1.82) is 0 Å². The van der Waals surface area contributed by atoms with Gasteiger partial charge in [-0.05, 0) is 36.8 Å². The van der Waals surface area contributed by atoms with Gasteiger partial charge in [-0.15, -0.1) is 5.53 Å². The quantitative estimate of drug-likeness (QED) is 0.313. The number of amides is 1. The highest BCUT2D eigenvalue weighted by Gasteiger charge is 2.26. The molecule has 0 spiro atoms. The molecule has 2 aliphatic rings. The Morgan fingerprint density at radius 3 is 2.63 bits per heavy atom. The second kappa shape index (κ2) is 11.9.